The van der Waals surface area contributed by atoms with E-state index < -0.39 is 17.7 Å². The lowest BCUT2D eigenvalue weighted by Crippen LogP contribution is -2.87. The van der Waals surface area contributed by atoms with Gasteiger partial charge in [-0.05, 0) is 12.1 Å². The van der Waals surface area contributed by atoms with Gasteiger partial charge in [-0.1, -0.05) is 78.9 Å². The van der Waals surface area contributed by atoms with E-state index in [4.69, 9.17) is 34.0 Å². The third-order valence-corrected chi connectivity index (χ3v) is 5.05. The lowest BCUT2D eigenvalue weighted by Gasteiger charge is -2.29. The van der Waals surface area contributed by atoms with Gasteiger partial charge < -0.3 is 34.5 Å². The van der Waals surface area contributed by atoms with Crippen LogP contribution < -0.4 is 15.2 Å². The van der Waals surface area contributed by atoms with Gasteiger partial charge in [-0.25, -0.2) is 4.79 Å². The van der Waals surface area contributed by atoms with Gasteiger partial charge in [0.25, 0.3) is 0 Å². The Morgan fingerprint density at radius 3 is 1.94 bits per heavy atom. The van der Waals surface area contributed by atoms with Gasteiger partial charge in [0.15, 0.2) is 5.97 Å². The molecule has 1 unspecified atom stereocenters. The molecule has 1 saturated heterocycles. The molecule has 178 valence electrons. The maximum atomic E-state index is 9.04. The first-order chi connectivity index (χ1) is 16.5. The summed E-state index contributed by atoms with van der Waals surface area (Å²) in [4.78, 5) is 18.0. The quantitative estimate of drug-likeness (QED) is 0.372. The Kier molecular flexibility index (Phi) is 9.16. The van der Waals surface area contributed by atoms with Gasteiger partial charge in [0.2, 0.25) is 5.79 Å². The van der Waals surface area contributed by atoms with Crippen molar-refractivity contribution < 1.29 is 39.3 Å². The van der Waals surface area contributed by atoms with Crippen molar-refractivity contribution in [2.24, 2.45) is 0 Å². The highest BCUT2D eigenvalue weighted by Crippen LogP contribution is 2.40. The maximum absolute atomic E-state index is 9.04. The number of carboxylic acids is 2. The number of nitrogens with two attached hydrogens (primary N) is 1. The van der Waals surface area contributed by atoms with Crippen LogP contribution in [-0.2, 0) is 24.8 Å². The topological polar surface area (TPSA) is 122 Å². The number of rotatable bonds is 8. The number of hydrogen-bond acceptors (Lipinski definition) is 6. The van der Waals surface area contributed by atoms with E-state index >= 15 is 0 Å². The van der Waals surface area contributed by atoms with E-state index in [1.807, 2.05) is 66.7 Å². The first-order valence-electron chi connectivity index (χ1n) is 10.9. The average Bonchev–Trinajstić information content (AvgIpc) is 3.31. The third-order valence-electron chi connectivity index (χ3n) is 5.05. The number of carbonyl (C=O) groups is 2. The smallest absolute Gasteiger partial charge is 0.351 e. The molecule has 3 N–H and O–H groups in total. The number of carboxylic acid groups (broad SMARTS) is 2. The Morgan fingerprint density at radius 2 is 1.44 bits per heavy atom. The number of aliphatic carboxylic acids is 2. The lowest BCUT2D eigenvalue weighted by molar-refractivity contribution is -0.661. The van der Waals surface area contributed by atoms with Crippen LogP contribution in [0.2, 0.25) is 0 Å². The summed E-state index contributed by atoms with van der Waals surface area (Å²) in [6.45, 7) is 2.94. The predicted molar refractivity (Wildman–Crippen MR) is 121 cm³/mol. The molecule has 1 atom stereocenters. The number of carbonyl (C=O) groups excluding carboxylic acids is 1. The highest BCUT2D eigenvalue weighted by Gasteiger charge is 2.45. The van der Waals surface area contributed by atoms with Gasteiger partial charge in [0.1, 0.15) is 31.5 Å². The van der Waals surface area contributed by atoms with E-state index in [1.165, 1.54) is 0 Å². The van der Waals surface area contributed by atoms with E-state index in [1.54, 1.807) is 0 Å². The molecule has 3 aromatic rings. The molecule has 0 amide bonds. The minimum Gasteiger partial charge on any atom is -0.539 e. The number of hydrogen-bond donors (Lipinski definition) is 2. The fraction of sp³-hybridized carbons (Fsp3) is 0.231. The Hall–Kier alpha value is -3.72. The van der Waals surface area contributed by atoms with Gasteiger partial charge in [-0.15, -0.1) is 0 Å². The number of ether oxygens (including phenoxy) is 3. The van der Waals surface area contributed by atoms with Gasteiger partial charge in [-0.3, -0.25) is 0 Å². The Labute approximate surface area is 197 Å². The highest BCUT2D eigenvalue weighted by molar-refractivity contribution is 6.26. The second-order valence-electron chi connectivity index (χ2n) is 7.47. The highest BCUT2D eigenvalue weighted by atomic mass is 16.7. The molecule has 4 rings (SSSR count). The van der Waals surface area contributed by atoms with E-state index in [0.717, 1.165) is 30.0 Å². The van der Waals surface area contributed by atoms with Crippen molar-refractivity contribution in [2.45, 2.75) is 11.9 Å². The molecular formula is C26H27NO7. The minimum atomic E-state index is -2.07. The summed E-state index contributed by atoms with van der Waals surface area (Å²) in [6.07, 6.45) is 0.0251. The van der Waals surface area contributed by atoms with Crippen molar-refractivity contribution in [3.8, 4) is 5.75 Å². The molecule has 3 aromatic carbocycles. The zero-order valence-electron chi connectivity index (χ0n) is 18.5. The number of para-hydroxylation sites is 1. The van der Waals surface area contributed by atoms with E-state index in [-0.39, 0.29) is 6.10 Å². The van der Waals surface area contributed by atoms with Crippen LogP contribution in [0.1, 0.15) is 11.1 Å². The van der Waals surface area contributed by atoms with Crippen LogP contribution >= 0.6 is 0 Å². The standard InChI is InChI=1S/C24H25NO3.C2H2O4/c1-4-10-20(11-5-1)24(21-12-6-2-7-13-21)27-19-23(28-24)18-25-16-17-26-22-14-8-3-9-15-22;3-1(4)2(5)6/h1-15,23,25H,16-19H2;(H,3,4)(H,5,6). The molecule has 1 heterocycles. The number of quaternary nitrogens is 1. The SMILES string of the molecule is O=C([O-])C(=O)O.c1ccc(OCC[NH2+]CC2COC(c3ccccc3)(c3ccccc3)O2)cc1. The second-order valence-corrected chi connectivity index (χ2v) is 7.47. The van der Waals surface area contributed by atoms with E-state index in [9.17, 15) is 0 Å². The third kappa shape index (κ3) is 6.89. The molecule has 1 aliphatic heterocycles. The van der Waals surface area contributed by atoms with Crippen LogP contribution in [0.3, 0.4) is 0 Å². The van der Waals surface area contributed by atoms with Crippen LogP contribution in [0, 0.1) is 0 Å². The molecule has 0 aliphatic carbocycles. The summed E-state index contributed by atoms with van der Waals surface area (Å²) in [5, 5.41) is 18.5. The molecule has 1 fully saturated rings. The molecule has 0 spiro atoms. The van der Waals surface area contributed by atoms with Crippen molar-refractivity contribution >= 4 is 11.9 Å². The largest absolute Gasteiger partial charge is 0.539 e. The molecule has 0 radical (unpaired) electrons. The van der Waals surface area contributed by atoms with Crippen molar-refractivity contribution in [1.29, 1.82) is 0 Å². The normalized spacial score (nSPS) is 16.2. The monoisotopic (exact) mass is 465 g/mol. The Morgan fingerprint density at radius 1 is 0.941 bits per heavy atom. The van der Waals surface area contributed by atoms with Crippen LogP contribution in [0.5, 0.6) is 5.75 Å². The lowest BCUT2D eigenvalue weighted by atomic mass is 9.97. The summed E-state index contributed by atoms with van der Waals surface area (Å²) in [5.41, 5.74) is 2.05. The van der Waals surface area contributed by atoms with Crippen LogP contribution in [-0.4, -0.2) is 49.5 Å². The van der Waals surface area contributed by atoms with Gasteiger partial charge >= 0.3 is 5.97 Å². The van der Waals surface area contributed by atoms with Gasteiger partial charge in [-0.2, -0.15) is 0 Å². The van der Waals surface area contributed by atoms with Gasteiger partial charge in [0.05, 0.1) is 6.61 Å². The zero-order valence-corrected chi connectivity index (χ0v) is 18.5. The van der Waals surface area contributed by atoms with Crippen molar-refractivity contribution in [3.63, 3.8) is 0 Å². The molecule has 34 heavy (non-hydrogen) atoms. The fourth-order valence-corrected chi connectivity index (χ4v) is 3.49. The summed E-state index contributed by atoms with van der Waals surface area (Å²) >= 11 is 0. The van der Waals surface area contributed by atoms with Crippen LogP contribution in [0.4, 0.5) is 0 Å². The minimum absolute atomic E-state index is 0.0251. The first kappa shape index (κ1) is 24.9. The molecule has 1 aliphatic rings. The van der Waals surface area contributed by atoms with Crippen molar-refractivity contribution in [3.05, 3.63) is 102 Å². The van der Waals surface area contributed by atoms with Crippen molar-refractivity contribution in [2.75, 3.05) is 26.3 Å². The molecule has 0 aromatic heterocycles. The van der Waals surface area contributed by atoms with Crippen molar-refractivity contribution in [1.82, 2.24) is 0 Å². The van der Waals surface area contributed by atoms with Crippen LogP contribution in [0.25, 0.3) is 0 Å². The Bertz CT molecular complexity index is 977. The second kappa shape index (κ2) is 12.5. The predicted octanol–water partition coefficient (Wildman–Crippen LogP) is 0.766. The number of benzene rings is 3. The molecule has 8 heteroatoms. The average molecular weight is 466 g/mol. The van der Waals surface area contributed by atoms with Crippen LogP contribution in [0.15, 0.2) is 91.0 Å². The molecule has 0 bridgehead atoms. The fourth-order valence-electron chi connectivity index (χ4n) is 3.49. The summed E-state index contributed by atoms with van der Waals surface area (Å²) in [6, 6.07) is 30.3. The molecular weight excluding hydrogens is 438 g/mol. The van der Waals surface area contributed by atoms with E-state index in [2.05, 4.69) is 29.6 Å². The molecule has 8 nitrogen and oxygen atoms in total. The summed E-state index contributed by atoms with van der Waals surface area (Å²) < 4.78 is 18.5. The van der Waals surface area contributed by atoms with E-state index in [0.29, 0.717) is 13.2 Å². The van der Waals surface area contributed by atoms with Gasteiger partial charge in [0, 0.05) is 11.1 Å². The first-order valence-corrected chi connectivity index (χ1v) is 10.9. The summed E-state index contributed by atoms with van der Waals surface area (Å²) in [7, 11) is 0. The summed E-state index contributed by atoms with van der Waals surface area (Å²) in [5.74, 6) is -3.94. The zero-order chi connectivity index (χ0) is 24.2. The maximum Gasteiger partial charge on any atom is 0.351 e. The molecule has 0 saturated carbocycles. The Balaban J connectivity index is 0.000000481.